The van der Waals surface area contributed by atoms with Crippen LogP contribution < -0.4 is 4.90 Å². The van der Waals surface area contributed by atoms with Crippen LogP contribution in [0.3, 0.4) is 0 Å². The molecule has 0 amide bonds. The molecule has 1 heterocycles. The Hall–Kier alpha value is -2.02. The van der Waals surface area contributed by atoms with Gasteiger partial charge in [-0.2, -0.15) is 0 Å². The molecule has 0 bridgehead atoms. The minimum Gasteiger partial charge on any atom is -0.360 e. The van der Waals surface area contributed by atoms with E-state index in [9.17, 15) is 0 Å². The van der Waals surface area contributed by atoms with Gasteiger partial charge in [0.05, 0.1) is 6.04 Å². The molecule has 0 spiro atoms. The first-order valence-corrected chi connectivity index (χ1v) is 6.87. The van der Waals surface area contributed by atoms with Gasteiger partial charge in [0.1, 0.15) is 0 Å². The second-order valence-electron chi connectivity index (χ2n) is 5.17. The van der Waals surface area contributed by atoms with E-state index in [0.29, 0.717) is 6.04 Å². The van der Waals surface area contributed by atoms with Crippen molar-refractivity contribution in [1.82, 2.24) is 0 Å². The summed E-state index contributed by atoms with van der Waals surface area (Å²) < 4.78 is 0. The van der Waals surface area contributed by atoms with E-state index in [0.717, 1.165) is 13.0 Å². The highest BCUT2D eigenvalue weighted by molar-refractivity contribution is 5.51. The predicted molar refractivity (Wildman–Crippen MR) is 81.3 cm³/mol. The van der Waals surface area contributed by atoms with Crippen molar-refractivity contribution in [2.45, 2.75) is 19.4 Å². The van der Waals surface area contributed by atoms with Gasteiger partial charge in [-0.25, -0.2) is 0 Å². The van der Waals surface area contributed by atoms with E-state index in [2.05, 4.69) is 78.6 Å². The van der Waals surface area contributed by atoms with E-state index in [1.165, 1.54) is 16.8 Å². The molecule has 0 saturated heterocycles. The zero-order valence-corrected chi connectivity index (χ0v) is 11.3. The van der Waals surface area contributed by atoms with Crippen LogP contribution in [0.2, 0.25) is 0 Å². The second-order valence-corrected chi connectivity index (χ2v) is 5.17. The average Bonchev–Trinajstić information content (AvgIpc) is 2.49. The van der Waals surface area contributed by atoms with Crippen LogP contribution in [0, 0.1) is 0 Å². The van der Waals surface area contributed by atoms with Gasteiger partial charge in [0, 0.05) is 12.2 Å². The highest BCUT2D eigenvalue weighted by atomic mass is 15.2. The van der Waals surface area contributed by atoms with Crippen LogP contribution >= 0.6 is 0 Å². The number of rotatable bonds is 2. The summed E-state index contributed by atoms with van der Waals surface area (Å²) in [4.78, 5) is 2.49. The van der Waals surface area contributed by atoms with E-state index in [-0.39, 0.29) is 0 Å². The Balaban J connectivity index is 1.97. The fourth-order valence-corrected chi connectivity index (χ4v) is 2.76. The smallest absolute Gasteiger partial charge is 0.0582 e. The van der Waals surface area contributed by atoms with Crippen molar-refractivity contribution >= 4 is 5.69 Å². The van der Waals surface area contributed by atoms with Gasteiger partial charge in [-0.1, -0.05) is 60.2 Å². The quantitative estimate of drug-likeness (QED) is 0.704. The van der Waals surface area contributed by atoms with E-state index in [1.807, 2.05) is 0 Å². The highest BCUT2D eigenvalue weighted by Gasteiger charge is 2.23. The molecule has 2 aromatic rings. The van der Waals surface area contributed by atoms with Crippen molar-refractivity contribution in [3.63, 3.8) is 0 Å². The molecule has 96 valence electrons. The SMILES string of the molecule is CC1=CCN(c2ccccc2)[C@@H](c2ccccc2)C1. The molecule has 1 aliphatic heterocycles. The summed E-state index contributed by atoms with van der Waals surface area (Å²) in [6.07, 6.45) is 3.45. The molecule has 1 aliphatic rings. The van der Waals surface area contributed by atoms with Gasteiger partial charge in [-0.3, -0.25) is 0 Å². The van der Waals surface area contributed by atoms with Gasteiger partial charge in [0.2, 0.25) is 0 Å². The molecule has 1 nitrogen and oxygen atoms in total. The zero-order chi connectivity index (χ0) is 13.1. The van der Waals surface area contributed by atoms with Crippen LogP contribution in [0.5, 0.6) is 0 Å². The second kappa shape index (κ2) is 5.31. The summed E-state index contributed by atoms with van der Waals surface area (Å²) >= 11 is 0. The first kappa shape index (κ1) is 12.0. The minimum absolute atomic E-state index is 0.452. The number of hydrogen-bond donors (Lipinski definition) is 0. The number of benzene rings is 2. The molecule has 0 aliphatic carbocycles. The van der Waals surface area contributed by atoms with Crippen LogP contribution in [-0.2, 0) is 0 Å². The van der Waals surface area contributed by atoms with Gasteiger partial charge in [-0.05, 0) is 31.0 Å². The Morgan fingerprint density at radius 3 is 2.21 bits per heavy atom. The lowest BCUT2D eigenvalue weighted by Gasteiger charge is -2.37. The van der Waals surface area contributed by atoms with Gasteiger partial charge >= 0.3 is 0 Å². The summed E-state index contributed by atoms with van der Waals surface area (Å²) in [6, 6.07) is 22.0. The van der Waals surface area contributed by atoms with Crippen LogP contribution in [0.15, 0.2) is 72.3 Å². The van der Waals surface area contributed by atoms with Crippen molar-refractivity contribution in [2.75, 3.05) is 11.4 Å². The number of hydrogen-bond acceptors (Lipinski definition) is 1. The van der Waals surface area contributed by atoms with E-state index in [1.54, 1.807) is 0 Å². The molecule has 19 heavy (non-hydrogen) atoms. The summed E-state index contributed by atoms with van der Waals surface area (Å²) in [6.45, 7) is 3.23. The lowest BCUT2D eigenvalue weighted by atomic mass is 9.94. The molecule has 0 fully saturated rings. The standard InChI is InChI=1S/C18H19N/c1-15-12-13-19(17-10-6-3-7-11-17)18(14-15)16-8-4-2-5-9-16/h2-12,18H,13-14H2,1H3/t18-/m1/s1. The van der Waals surface area contributed by atoms with Crippen molar-refractivity contribution in [1.29, 1.82) is 0 Å². The Bertz CT molecular complexity index is 557. The maximum Gasteiger partial charge on any atom is 0.0582 e. The molecular weight excluding hydrogens is 230 g/mol. The van der Waals surface area contributed by atoms with Crippen LogP contribution in [-0.4, -0.2) is 6.54 Å². The zero-order valence-electron chi connectivity index (χ0n) is 11.3. The molecule has 3 rings (SSSR count). The summed E-state index contributed by atoms with van der Waals surface area (Å²) in [5.41, 5.74) is 4.19. The van der Waals surface area contributed by atoms with Crippen LogP contribution in [0.4, 0.5) is 5.69 Å². The Morgan fingerprint density at radius 1 is 0.895 bits per heavy atom. The van der Waals surface area contributed by atoms with Crippen LogP contribution in [0.1, 0.15) is 24.9 Å². The molecule has 2 aromatic carbocycles. The topological polar surface area (TPSA) is 3.24 Å². The number of anilines is 1. The molecule has 0 aromatic heterocycles. The van der Waals surface area contributed by atoms with Crippen molar-refractivity contribution in [2.24, 2.45) is 0 Å². The average molecular weight is 249 g/mol. The predicted octanol–water partition coefficient (Wildman–Crippen LogP) is 4.58. The third-order valence-electron chi connectivity index (χ3n) is 3.80. The molecular formula is C18H19N. The lowest BCUT2D eigenvalue weighted by Crippen LogP contribution is -2.32. The third-order valence-corrected chi connectivity index (χ3v) is 3.80. The number of nitrogens with zero attached hydrogens (tertiary/aromatic N) is 1. The first-order chi connectivity index (χ1) is 9.34. The minimum atomic E-state index is 0.452. The molecule has 1 heteroatoms. The molecule has 0 N–H and O–H groups in total. The van der Waals surface area contributed by atoms with Gasteiger partial charge < -0.3 is 4.90 Å². The normalized spacial score (nSPS) is 19.1. The summed E-state index contributed by atoms with van der Waals surface area (Å²) in [5, 5.41) is 0. The van der Waals surface area contributed by atoms with Gasteiger partial charge in [0.25, 0.3) is 0 Å². The van der Waals surface area contributed by atoms with Crippen LogP contribution in [0.25, 0.3) is 0 Å². The Morgan fingerprint density at radius 2 is 1.53 bits per heavy atom. The monoisotopic (exact) mass is 249 g/mol. The largest absolute Gasteiger partial charge is 0.360 e. The van der Waals surface area contributed by atoms with Crippen molar-refractivity contribution in [3.8, 4) is 0 Å². The third kappa shape index (κ3) is 2.55. The molecule has 1 atom stereocenters. The molecule has 0 unspecified atom stereocenters. The highest BCUT2D eigenvalue weighted by Crippen LogP contribution is 2.34. The summed E-state index contributed by atoms with van der Waals surface area (Å²) in [5.74, 6) is 0. The van der Waals surface area contributed by atoms with Gasteiger partial charge in [-0.15, -0.1) is 0 Å². The van der Waals surface area contributed by atoms with E-state index in [4.69, 9.17) is 0 Å². The van der Waals surface area contributed by atoms with Crippen molar-refractivity contribution < 1.29 is 0 Å². The Kier molecular flexibility index (Phi) is 3.37. The molecule has 0 saturated carbocycles. The van der Waals surface area contributed by atoms with E-state index < -0.39 is 0 Å². The summed E-state index contributed by atoms with van der Waals surface area (Å²) in [7, 11) is 0. The first-order valence-electron chi connectivity index (χ1n) is 6.87. The Labute approximate surface area is 115 Å². The maximum atomic E-state index is 2.49. The van der Waals surface area contributed by atoms with Crippen molar-refractivity contribution in [3.05, 3.63) is 77.9 Å². The van der Waals surface area contributed by atoms with Gasteiger partial charge in [0.15, 0.2) is 0 Å². The number of para-hydroxylation sites is 1. The molecule has 0 radical (unpaired) electrons. The fourth-order valence-electron chi connectivity index (χ4n) is 2.76. The lowest BCUT2D eigenvalue weighted by molar-refractivity contribution is 0.615. The maximum absolute atomic E-state index is 2.49. The van der Waals surface area contributed by atoms with E-state index >= 15 is 0 Å². The fraction of sp³-hybridized carbons (Fsp3) is 0.222.